The van der Waals surface area contributed by atoms with Crippen LogP contribution in [0.4, 0.5) is 11.4 Å². The molecule has 5 heteroatoms. The van der Waals surface area contributed by atoms with Crippen LogP contribution in [0.2, 0.25) is 0 Å². The molecule has 1 heterocycles. The fourth-order valence-corrected chi connectivity index (χ4v) is 3.46. The molecule has 0 atom stereocenters. The summed E-state index contributed by atoms with van der Waals surface area (Å²) in [6.45, 7) is 4.58. The maximum absolute atomic E-state index is 12.8. The third-order valence-corrected chi connectivity index (χ3v) is 4.97. The fourth-order valence-electron chi connectivity index (χ4n) is 3.46. The SMILES string of the molecule is CCCNC(=O)c1cc(NC(=O)/C=C/c2ccccc2)ccc1N1CCCCC1. The summed E-state index contributed by atoms with van der Waals surface area (Å²) in [4.78, 5) is 27.3. The Labute approximate surface area is 172 Å². The maximum atomic E-state index is 12.8. The van der Waals surface area contributed by atoms with E-state index >= 15 is 0 Å². The molecular formula is C24H29N3O2. The van der Waals surface area contributed by atoms with Crippen LogP contribution in [0.3, 0.4) is 0 Å². The van der Waals surface area contributed by atoms with E-state index in [-0.39, 0.29) is 11.8 Å². The first-order valence-corrected chi connectivity index (χ1v) is 10.4. The molecule has 0 bridgehead atoms. The first kappa shape index (κ1) is 20.6. The minimum atomic E-state index is -0.223. The van der Waals surface area contributed by atoms with E-state index in [1.807, 2.05) is 49.4 Å². The maximum Gasteiger partial charge on any atom is 0.253 e. The monoisotopic (exact) mass is 391 g/mol. The zero-order valence-electron chi connectivity index (χ0n) is 17.0. The Bertz CT molecular complexity index is 856. The van der Waals surface area contributed by atoms with Crippen LogP contribution in [0.25, 0.3) is 6.08 Å². The molecule has 0 spiro atoms. The standard InChI is InChI=1S/C24H29N3O2/c1-2-15-25-24(29)21-18-20(12-13-22(21)27-16-7-4-8-17-27)26-23(28)14-11-19-9-5-3-6-10-19/h3,5-6,9-14,18H,2,4,7-8,15-17H2,1H3,(H,25,29)(H,26,28)/b14-11+. The summed E-state index contributed by atoms with van der Waals surface area (Å²) in [5, 5.41) is 5.83. The number of amides is 2. The molecule has 2 aromatic carbocycles. The van der Waals surface area contributed by atoms with Gasteiger partial charge >= 0.3 is 0 Å². The van der Waals surface area contributed by atoms with Gasteiger partial charge in [-0.15, -0.1) is 0 Å². The van der Waals surface area contributed by atoms with Gasteiger partial charge in [-0.2, -0.15) is 0 Å². The van der Waals surface area contributed by atoms with Gasteiger partial charge in [0, 0.05) is 37.1 Å². The Kier molecular flexibility index (Phi) is 7.45. The van der Waals surface area contributed by atoms with E-state index < -0.39 is 0 Å². The van der Waals surface area contributed by atoms with Gasteiger partial charge in [0.05, 0.1) is 5.56 Å². The topological polar surface area (TPSA) is 61.4 Å². The van der Waals surface area contributed by atoms with Crippen molar-refractivity contribution in [3.8, 4) is 0 Å². The predicted octanol–water partition coefficient (Wildman–Crippen LogP) is 4.47. The highest BCUT2D eigenvalue weighted by molar-refractivity contribution is 6.05. The largest absolute Gasteiger partial charge is 0.371 e. The van der Waals surface area contributed by atoms with Crippen molar-refractivity contribution in [3.63, 3.8) is 0 Å². The van der Waals surface area contributed by atoms with Crippen LogP contribution in [0, 0.1) is 0 Å². The second kappa shape index (κ2) is 10.5. The summed E-state index contributed by atoms with van der Waals surface area (Å²) >= 11 is 0. The third-order valence-electron chi connectivity index (χ3n) is 4.97. The summed E-state index contributed by atoms with van der Waals surface area (Å²) in [5.41, 5.74) is 3.14. The van der Waals surface area contributed by atoms with Gasteiger partial charge in [0.25, 0.3) is 5.91 Å². The molecule has 2 amide bonds. The van der Waals surface area contributed by atoms with Gasteiger partial charge in [-0.05, 0) is 55.5 Å². The molecular weight excluding hydrogens is 362 g/mol. The molecule has 1 aliphatic rings. The summed E-state index contributed by atoms with van der Waals surface area (Å²) in [6.07, 6.45) is 7.66. The average Bonchev–Trinajstić information content (AvgIpc) is 2.77. The number of carbonyl (C=O) groups excluding carboxylic acids is 2. The molecule has 0 aromatic heterocycles. The molecule has 1 saturated heterocycles. The van der Waals surface area contributed by atoms with Crippen molar-refractivity contribution in [1.82, 2.24) is 5.32 Å². The van der Waals surface area contributed by atoms with E-state index in [4.69, 9.17) is 0 Å². The van der Waals surface area contributed by atoms with E-state index in [1.165, 1.54) is 12.5 Å². The van der Waals surface area contributed by atoms with E-state index in [0.717, 1.165) is 43.6 Å². The lowest BCUT2D eigenvalue weighted by atomic mass is 10.1. The summed E-state index contributed by atoms with van der Waals surface area (Å²) in [6, 6.07) is 15.3. The third kappa shape index (κ3) is 5.95. The summed E-state index contributed by atoms with van der Waals surface area (Å²) in [5.74, 6) is -0.317. The van der Waals surface area contributed by atoms with Gasteiger partial charge < -0.3 is 15.5 Å². The lowest BCUT2D eigenvalue weighted by Gasteiger charge is -2.30. The van der Waals surface area contributed by atoms with Crippen molar-refractivity contribution in [2.24, 2.45) is 0 Å². The van der Waals surface area contributed by atoms with E-state index in [0.29, 0.717) is 17.8 Å². The van der Waals surface area contributed by atoms with Gasteiger partial charge in [0.2, 0.25) is 5.91 Å². The molecule has 0 saturated carbocycles. The van der Waals surface area contributed by atoms with Gasteiger partial charge in [0.1, 0.15) is 0 Å². The normalized spacial score (nSPS) is 14.0. The molecule has 1 fully saturated rings. The van der Waals surface area contributed by atoms with E-state index in [9.17, 15) is 9.59 Å². The van der Waals surface area contributed by atoms with Gasteiger partial charge in [-0.25, -0.2) is 0 Å². The molecule has 2 N–H and O–H groups in total. The van der Waals surface area contributed by atoms with Crippen LogP contribution in [0.1, 0.15) is 48.5 Å². The average molecular weight is 392 g/mol. The molecule has 29 heavy (non-hydrogen) atoms. The van der Waals surface area contributed by atoms with Crippen molar-refractivity contribution in [3.05, 3.63) is 65.7 Å². The Morgan fingerprint density at radius 1 is 1.03 bits per heavy atom. The van der Waals surface area contributed by atoms with Gasteiger partial charge in [-0.1, -0.05) is 37.3 Å². The van der Waals surface area contributed by atoms with Crippen LogP contribution in [0.5, 0.6) is 0 Å². The second-order valence-corrected chi connectivity index (χ2v) is 7.27. The summed E-state index contributed by atoms with van der Waals surface area (Å²) < 4.78 is 0. The molecule has 2 aromatic rings. The number of benzene rings is 2. The van der Waals surface area contributed by atoms with Crippen LogP contribution < -0.4 is 15.5 Å². The number of hydrogen-bond acceptors (Lipinski definition) is 3. The lowest BCUT2D eigenvalue weighted by molar-refractivity contribution is -0.111. The minimum absolute atomic E-state index is 0.0941. The quantitative estimate of drug-likeness (QED) is 0.685. The molecule has 152 valence electrons. The first-order valence-electron chi connectivity index (χ1n) is 10.4. The molecule has 3 rings (SSSR count). The Hall–Kier alpha value is -3.08. The molecule has 0 radical (unpaired) electrons. The van der Waals surface area contributed by atoms with Gasteiger partial charge in [0.15, 0.2) is 0 Å². The number of nitrogens with zero attached hydrogens (tertiary/aromatic N) is 1. The lowest BCUT2D eigenvalue weighted by Crippen LogP contribution is -2.33. The Morgan fingerprint density at radius 2 is 1.79 bits per heavy atom. The van der Waals surface area contributed by atoms with Crippen molar-refractivity contribution >= 4 is 29.3 Å². The van der Waals surface area contributed by atoms with Crippen molar-refractivity contribution in [1.29, 1.82) is 0 Å². The number of carbonyl (C=O) groups is 2. The van der Waals surface area contributed by atoms with Crippen LogP contribution in [0.15, 0.2) is 54.6 Å². The number of hydrogen-bond donors (Lipinski definition) is 2. The summed E-state index contributed by atoms with van der Waals surface area (Å²) in [7, 11) is 0. The van der Waals surface area contributed by atoms with E-state index in [2.05, 4.69) is 15.5 Å². The molecule has 5 nitrogen and oxygen atoms in total. The number of piperidine rings is 1. The number of rotatable bonds is 7. The molecule has 1 aliphatic heterocycles. The number of anilines is 2. The Morgan fingerprint density at radius 3 is 2.52 bits per heavy atom. The van der Waals surface area contributed by atoms with Gasteiger partial charge in [-0.3, -0.25) is 9.59 Å². The zero-order chi connectivity index (χ0) is 20.5. The zero-order valence-corrected chi connectivity index (χ0v) is 17.0. The first-order chi connectivity index (χ1) is 14.2. The minimum Gasteiger partial charge on any atom is -0.371 e. The predicted molar refractivity (Wildman–Crippen MR) is 119 cm³/mol. The highest BCUT2D eigenvalue weighted by Gasteiger charge is 2.19. The number of nitrogens with one attached hydrogen (secondary N) is 2. The fraction of sp³-hybridized carbons (Fsp3) is 0.333. The van der Waals surface area contributed by atoms with Crippen molar-refractivity contribution in [2.75, 3.05) is 29.9 Å². The van der Waals surface area contributed by atoms with Crippen LogP contribution >= 0.6 is 0 Å². The Balaban J connectivity index is 1.77. The second-order valence-electron chi connectivity index (χ2n) is 7.27. The highest BCUT2D eigenvalue weighted by atomic mass is 16.2. The smallest absolute Gasteiger partial charge is 0.253 e. The highest BCUT2D eigenvalue weighted by Crippen LogP contribution is 2.27. The van der Waals surface area contributed by atoms with Crippen molar-refractivity contribution in [2.45, 2.75) is 32.6 Å². The van der Waals surface area contributed by atoms with Crippen LogP contribution in [-0.2, 0) is 4.79 Å². The van der Waals surface area contributed by atoms with Crippen molar-refractivity contribution < 1.29 is 9.59 Å². The molecule has 0 aliphatic carbocycles. The van der Waals surface area contributed by atoms with E-state index in [1.54, 1.807) is 12.1 Å². The molecule has 0 unspecified atom stereocenters. The van der Waals surface area contributed by atoms with Crippen LogP contribution in [-0.4, -0.2) is 31.4 Å².